The summed E-state index contributed by atoms with van der Waals surface area (Å²) in [7, 11) is 1.28. The van der Waals surface area contributed by atoms with Gasteiger partial charge in [-0.05, 0) is 26.8 Å². The maximum absolute atomic E-state index is 13.3. The van der Waals surface area contributed by atoms with E-state index in [2.05, 4.69) is 31.2 Å². The number of nitrogens with zero attached hydrogens (tertiary/aromatic N) is 5. The average Bonchev–Trinajstić information content (AvgIpc) is 2.86. The zero-order valence-electron chi connectivity index (χ0n) is 16.6. The number of rotatable bonds is 7. The third kappa shape index (κ3) is 3.35. The average molecular weight is 456 g/mol. The Hall–Kier alpha value is -4.37. The van der Waals surface area contributed by atoms with Gasteiger partial charge in [0.25, 0.3) is 0 Å². The summed E-state index contributed by atoms with van der Waals surface area (Å²) in [4.78, 5) is 70.4. The summed E-state index contributed by atoms with van der Waals surface area (Å²) < 4.78 is 16.1. The summed E-state index contributed by atoms with van der Waals surface area (Å²) in [5.74, 6) is 0.0227. The molecular formula is C18H12N6O9. The molecule has 3 aromatic rings. The van der Waals surface area contributed by atoms with E-state index in [1.807, 2.05) is 0 Å². The van der Waals surface area contributed by atoms with Crippen molar-refractivity contribution < 1.29 is 13.9 Å². The van der Waals surface area contributed by atoms with E-state index in [9.17, 15) is 29.3 Å². The molecule has 2 aromatic carbocycles. The molecule has 1 N–H and O–H groups in total. The van der Waals surface area contributed by atoms with Crippen molar-refractivity contribution in [1.29, 1.82) is 0 Å². The highest BCUT2D eigenvalue weighted by Gasteiger charge is 2.41. The lowest BCUT2D eigenvalue weighted by Crippen LogP contribution is -2.47. The van der Waals surface area contributed by atoms with Crippen molar-refractivity contribution >= 4 is 39.0 Å². The van der Waals surface area contributed by atoms with Gasteiger partial charge in [0, 0.05) is 17.7 Å². The molecule has 33 heavy (non-hydrogen) atoms. The highest BCUT2D eigenvalue weighted by atomic mass is 16.5. The standard InChI is InChI=1S/C18H12N6O9/c1-31-10-4-9-6(2-7(10)20-26)16(25)13-11(33-9)3-8(21-27)12(14(13)22-28)17-15(23-29)18(24-30)19-5-32-17/h2-4,15,17-19H,5H2,1H3. The molecule has 0 saturated carbocycles. The largest absolute Gasteiger partial charge is 0.494 e. The number of benzene rings is 2. The molecular weight excluding hydrogens is 444 g/mol. The smallest absolute Gasteiger partial charge is 0.202 e. The molecule has 0 bridgehead atoms. The van der Waals surface area contributed by atoms with Gasteiger partial charge in [-0.15, -0.1) is 19.6 Å². The Labute approximate surface area is 181 Å². The summed E-state index contributed by atoms with van der Waals surface area (Å²) in [6.07, 6.45) is -2.79. The number of methoxy groups -OCH3 is 1. The lowest BCUT2D eigenvalue weighted by Gasteiger charge is -2.31. The van der Waals surface area contributed by atoms with Crippen molar-refractivity contribution in [2.45, 2.75) is 18.3 Å². The van der Waals surface area contributed by atoms with Crippen molar-refractivity contribution in [3.63, 3.8) is 0 Å². The number of fused-ring (bicyclic) bond motifs is 2. The van der Waals surface area contributed by atoms with E-state index in [0.717, 1.165) is 12.1 Å². The van der Waals surface area contributed by atoms with Crippen LogP contribution >= 0.6 is 0 Å². The molecule has 0 radical (unpaired) electrons. The van der Waals surface area contributed by atoms with Crippen molar-refractivity contribution in [1.82, 2.24) is 5.32 Å². The fraction of sp³-hybridized carbons (Fsp3) is 0.278. The van der Waals surface area contributed by atoms with Crippen LogP contribution in [0.2, 0.25) is 0 Å². The van der Waals surface area contributed by atoms with Crippen molar-refractivity contribution in [2.75, 3.05) is 13.8 Å². The quantitative estimate of drug-likeness (QED) is 0.399. The van der Waals surface area contributed by atoms with E-state index in [0.29, 0.717) is 0 Å². The number of hydrogen-bond donors (Lipinski definition) is 1. The van der Waals surface area contributed by atoms with Crippen LogP contribution in [0.5, 0.6) is 5.75 Å². The molecule has 1 aliphatic heterocycles. The molecule has 3 atom stereocenters. The normalized spacial score (nSPS) is 20.3. The van der Waals surface area contributed by atoms with E-state index < -0.39 is 35.1 Å². The Morgan fingerprint density at radius 2 is 1.73 bits per heavy atom. The molecule has 1 aliphatic rings. The molecule has 0 aliphatic carbocycles. The fourth-order valence-electron chi connectivity index (χ4n) is 3.77. The van der Waals surface area contributed by atoms with Gasteiger partial charge in [0.15, 0.2) is 23.6 Å². The van der Waals surface area contributed by atoms with Gasteiger partial charge in [0.1, 0.15) is 28.6 Å². The number of nitroso groups, excluding NO2 is 5. The maximum atomic E-state index is 13.3. The number of nitrogens with one attached hydrogen (secondary N) is 1. The van der Waals surface area contributed by atoms with E-state index in [-0.39, 0.29) is 45.7 Å². The highest BCUT2D eigenvalue weighted by Crippen LogP contribution is 2.45. The van der Waals surface area contributed by atoms with Crippen LogP contribution < -0.4 is 15.5 Å². The van der Waals surface area contributed by atoms with Gasteiger partial charge in [-0.1, -0.05) is 5.18 Å². The van der Waals surface area contributed by atoms with Crippen molar-refractivity contribution in [3.8, 4) is 5.75 Å². The summed E-state index contributed by atoms with van der Waals surface area (Å²) in [5, 5.41) is 16.1. The highest BCUT2D eigenvalue weighted by molar-refractivity contribution is 6.00. The van der Waals surface area contributed by atoms with Gasteiger partial charge in [0.05, 0.1) is 24.6 Å². The zero-order valence-corrected chi connectivity index (χ0v) is 16.6. The number of hydrogen-bond acceptors (Lipinski definition) is 15. The minimum atomic E-state index is -1.50. The first-order valence-corrected chi connectivity index (χ1v) is 9.18. The molecule has 15 heteroatoms. The third-order valence-corrected chi connectivity index (χ3v) is 5.25. The van der Waals surface area contributed by atoms with Gasteiger partial charge in [-0.2, -0.15) is 4.91 Å². The van der Waals surface area contributed by atoms with Gasteiger partial charge >= 0.3 is 0 Å². The summed E-state index contributed by atoms with van der Waals surface area (Å²) in [6.45, 7) is -0.289. The SMILES string of the molecule is COc1cc2oc3cc(N=O)c(C4OCNC(N=O)C4N=O)c(N=O)c3c(=O)c2cc1N=O. The van der Waals surface area contributed by atoms with E-state index in [4.69, 9.17) is 13.9 Å². The van der Waals surface area contributed by atoms with E-state index >= 15 is 0 Å². The summed E-state index contributed by atoms with van der Waals surface area (Å²) >= 11 is 0. The van der Waals surface area contributed by atoms with E-state index in [1.54, 1.807) is 0 Å². The molecule has 4 rings (SSSR count). The van der Waals surface area contributed by atoms with Crippen LogP contribution in [0.3, 0.4) is 0 Å². The Morgan fingerprint density at radius 3 is 2.33 bits per heavy atom. The van der Waals surface area contributed by atoms with Crippen LogP contribution in [0.1, 0.15) is 11.7 Å². The molecule has 3 unspecified atom stereocenters. The van der Waals surface area contributed by atoms with Crippen LogP contribution in [0.25, 0.3) is 21.9 Å². The van der Waals surface area contributed by atoms with E-state index in [1.165, 1.54) is 13.2 Å². The van der Waals surface area contributed by atoms with Crippen molar-refractivity contribution in [3.05, 3.63) is 58.5 Å². The number of ether oxygens (including phenoxy) is 2. The summed E-state index contributed by atoms with van der Waals surface area (Å²) in [5.41, 5.74) is -2.61. The lowest BCUT2D eigenvalue weighted by atomic mass is 9.94. The second kappa shape index (κ2) is 8.64. The Balaban J connectivity index is 2.10. The van der Waals surface area contributed by atoms with Crippen molar-refractivity contribution in [2.24, 2.45) is 25.9 Å². The molecule has 0 amide bonds. The third-order valence-electron chi connectivity index (χ3n) is 5.25. The van der Waals surface area contributed by atoms with Crippen LogP contribution in [0.15, 0.2) is 53.3 Å². The first kappa shape index (κ1) is 21.8. The Bertz CT molecular complexity index is 1390. The molecule has 15 nitrogen and oxygen atoms in total. The predicted octanol–water partition coefficient (Wildman–Crippen LogP) is 3.99. The lowest BCUT2D eigenvalue weighted by molar-refractivity contribution is -0.0262. The second-order valence-electron chi connectivity index (χ2n) is 6.84. The first-order valence-electron chi connectivity index (χ1n) is 9.18. The van der Waals surface area contributed by atoms with Gasteiger partial charge < -0.3 is 13.9 Å². The molecule has 168 valence electrons. The second-order valence-corrected chi connectivity index (χ2v) is 6.84. The molecule has 1 fully saturated rings. The predicted molar refractivity (Wildman–Crippen MR) is 114 cm³/mol. The Kier molecular flexibility index (Phi) is 5.72. The first-order chi connectivity index (χ1) is 16.0. The van der Waals surface area contributed by atoms with Gasteiger partial charge in [-0.25, -0.2) is 0 Å². The molecule has 2 heterocycles. The van der Waals surface area contributed by atoms with Crippen LogP contribution in [0, 0.1) is 24.5 Å². The minimum Gasteiger partial charge on any atom is -0.494 e. The van der Waals surface area contributed by atoms with Gasteiger partial charge in [-0.3, -0.25) is 10.1 Å². The van der Waals surface area contributed by atoms with Gasteiger partial charge in [0.2, 0.25) is 5.43 Å². The Morgan fingerprint density at radius 1 is 0.970 bits per heavy atom. The topological polar surface area (TPSA) is 208 Å². The molecule has 1 saturated heterocycles. The molecule has 0 spiro atoms. The monoisotopic (exact) mass is 456 g/mol. The minimum absolute atomic E-state index is 0.0227. The maximum Gasteiger partial charge on any atom is 0.202 e. The van der Waals surface area contributed by atoms with Crippen LogP contribution in [-0.2, 0) is 4.74 Å². The molecule has 1 aromatic heterocycles. The van der Waals surface area contributed by atoms with Crippen LogP contribution in [-0.4, -0.2) is 26.0 Å². The fourth-order valence-corrected chi connectivity index (χ4v) is 3.77. The zero-order chi connectivity index (χ0) is 23.7. The van der Waals surface area contributed by atoms with Crippen LogP contribution in [0.4, 0.5) is 17.1 Å². The summed E-state index contributed by atoms with van der Waals surface area (Å²) in [6, 6.07) is 1.90.